The van der Waals surface area contributed by atoms with E-state index in [0.29, 0.717) is 5.82 Å². The van der Waals surface area contributed by atoms with Crippen molar-refractivity contribution in [1.82, 2.24) is 14.5 Å². The largest absolute Gasteiger partial charge is 0.305 e. The summed E-state index contributed by atoms with van der Waals surface area (Å²) in [5, 5.41) is 9.95. The quantitative estimate of drug-likeness (QED) is 0.185. The molecule has 3 heterocycles. The number of fused-ring (bicyclic) bond motifs is 10. The minimum Gasteiger partial charge on any atom is -0.305 e. The molecule has 0 radical (unpaired) electrons. The Morgan fingerprint density at radius 3 is 1.96 bits per heavy atom. The van der Waals surface area contributed by atoms with Crippen LogP contribution < -0.4 is 0 Å². The molecule has 0 aliphatic carbocycles. The molecule has 0 aliphatic rings. The van der Waals surface area contributed by atoms with Gasteiger partial charge in [0.05, 0.1) is 28.6 Å². The zero-order valence-electron chi connectivity index (χ0n) is 28.0. The maximum absolute atomic E-state index is 5.32. The lowest BCUT2D eigenvalue weighted by atomic mass is 9.96. The third kappa shape index (κ3) is 4.38. The summed E-state index contributed by atoms with van der Waals surface area (Å²) in [6, 6.07) is 60.9. The maximum atomic E-state index is 5.32. The normalized spacial score (nSPS) is 11.8. The maximum Gasteiger partial charge on any atom is 0.159 e. The number of aromatic nitrogens is 3. The molecule has 0 atom stereocenters. The van der Waals surface area contributed by atoms with Crippen LogP contribution in [0.25, 0.3) is 103 Å². The molecule has 3 aromatic heterocycles. The van der Waals surface area contributed by atoms with E-state index in [1.165, 1.54) is 69.1 Å². The molecular formula is C48H29N3S. The van der Waals surface area contributed by atoms with E-state index in [2.05, 4.69) is 156 Å². The lowest BCUT2D eigenvalue weighted by Gasteiger charge is -2.15. The monoisotopic (exact) mass is 679 g/mol. The predicted octanol–water partition coefficient (Wildman–Crippen LogP) is 13.2. The van der Waals surface area contributed by atoms with Crippen molar-refractivity contribution in [3.63, 3.8) is 0 Å². The number of para-hydroxylation sites is 1. The summed E-state index contributed by atoms with van der Waals surface area (Å²) < 4.78 is 5.01. The van der Waals surface area contributed by atoms with E-state index < -0.39 is 0 Å². The lowest BCUT2D eigenvalue weighted by molar-refractivity contribution is 1.09. The van der Waals surface area contributed by atoms with E-state index in [-0.39, 0.29) is 0 Å². The van der Waals surface area contributed by atoms with Crippen LogP contribution in [0.15, 0.2) is 176 Å². The van der Waals surface area contributed by atoms with Crippen molar-refractivity contribution in [2.24, 2.45) is 0 Å². The Balaban J connectivity index is 1.32. The van der Waals surface area contributed by atoms with Crippen LogP contribution in [0.5, 0.6) is 0 Å². The standard InChI is InChI=1S/C48H29N3S/c1-3-15-32(16-4-1)44-42(29-49-48(50-44)33-17-5-2-6-18-33)51-41-22-12-11-21-37(41)40-28-39(35-24-23-30-13-7-8-19-34(30)27-35)47-43(45(40)51)38-26-25-31-14-9-10-20-36(31)46(38)52-47/h1-29H. The van der Waals surface area contributed by atoms with Crippen molar-refractivity contribution >= 4 is 74.9 Å². The Kier molecular flexibility index (Phi) is 6.42. The zero-order valence-corrected chi connectivity index (χ0v) is 28.8. The number of hydrogen-bond donors (Lipinski definition) is 0. The Labute approximate surface area is 303 Å². The van der Waals surface area contributed by atoms with Gasteiger partial charge in [-0.1, -0.05) is 152 Å². The highest BCUT2D eigenvalue weighted by molar-refractivity contribution is 7.27. The van der Waals surface area contributed by atoms with Gasteiger partial charge in [-0.05, 0) is 45.3 Å². The predicted molar refractivity (Wildman–Crippen MR) is 221 cm³/mol. The molecule has 0 unspecified atom stereocenters. The van der Waals surface area contributed by atoms with E-state index in [4.69, 9.17) is 9.97 Å². The molecule has 4 heteroatoms. The number of hydrogen-bond acceptors (Lipinski definition) is 3. The van der Waals surface area contributed by atoms with Crippen LogP contribution in [0.4, 0.5) is 0 Å². The highest BCUT2D eigenvalue weighted by Crippen LogP contribution is 2.49. The van der Waals surface area contributed by atoms with E-state index in [0.717, 1.165) is 28.0 Å². The Morgan fingerprint density at radius 2 is 1.13 bits per heavy atom. The van der Waals surface area contributed by atoms with Crippen LogP contribution >= 0.6 is 11.3 Å². The van der Waals surface area contributed by atoms with Crippen LogP contribution in [0.3, 0.4) is 0 Å². The molecular weight excluding hydrogens is 651 g/mol. The summed E-state index contributed by atoms with van der Waals surface area (Å²) in [6.45, 7) is 0. The van der Waals surface area contributed by atoms with Gasteiger partial charge in [-0.15, -0.1) is 11.3 Å². The Morgan fingerprint density at radius 1 is 0.462 bits per heavy atom. The van der Waals surface area contributed by atoms with Crippen molar-refractivity contribution in [1.29, 1.82) is 0 Å². The van der Waals surface area contributed by atoms with Gasteiger partial charge in [-0.3, -0.25) is 0 Å². The molecule has 11 rings (SSSR count). The Bertz CT molecular complexity index is 3180. The van der Waals surface area contributed by atoms with Gasteiger partial charge < -0.3 is 4.57 Å². The summed E-state index contributed by atoms with van der Waals surface area (Å²) in [5.41, 5.74) is 8.67. The second kappa shape index (κ2) is 11.5. The molecule has 11 aromatic rings. The molecule has 0 saturated carbocycles. The van der Waals surface area contributed by atoms with E-state index in [9.17, 15) is 0 Å². The lowest BCUT2D eigenvalue weighted by Crippen LogP contribution is -2.03. The third-order valence-corrected chi connectivity index (χ3v) is 11.7. The van der Waals surface area contributed by atoms with Gasteiger partial charge in [-0.25, -0.2) is 9.97 Å². The molecule has 0 aliphatic heterocycles. The molecule has 3 nitrogen and oxygen atoms in total. The van der Waals surface area contributed by atoms with Gasteiger partial charge in [0.15, 0.2) is 5.82 Å². The second-order valence-electron chi connectivity index (χ2n) is 13.4. The first-order chi connectivity index (χ1) is 25.8. The van der Waals surface area contributed by atoms with Crippen LogP contribution in [0, 0.1) is 0 Å². The van der Waals surface area contributed by atoms with Gasteiger partial charge in [0.1, 0.15) is 0 Å². The summed E-state index contributed by atoms with van der Waals surface area (Å²) in [6.07, 6.45) is 2.02. The molecule has 0 spiro atoms. The molecule has 0 saturated heterocycles. The van der Waals surface area contributed by atoms with Gasteiger partial charge in [0.2, 0.25) is 0 Å². The number of thiophene rings is 1. The third-order valence-electron chi connectivity index (χ3n) is 10.4. The van der Waals surface area contributed by atoms with Crippen LogP contribution in [0.2, 0.25) is 0 Å². The Hall–Kier alpha value is -6.62. The fourth-order valence-electron chi connectivity index (χ4n) is 8.01. The fourth-order valence-corrected chi connectivity index (χ4v) is 9.39. The van der Waals surface area contributed by atoms with Crippen molar-refractivity contribution in [3.05, 3.63) is 176 Å². The molecule has 242 valence electrons. The first-order valence-corrected chi connectivity index (χ1v) is 18.4. The summed E-state index contributed by atoms with van der Waals surface area (Å²) >= 11 is 1.90. The number of benzene rings is 8. The van der Waals surface area contributed by atoms with Gasteiger partial charge in [0, 0.05) is 47.6 Å². The highest BCUT2D eigenvalue weighted by atomic mass is 32.1. The zero-order chi connectivity index (χ0) is 34.2. The minimum absolute atomic E-state index is 0.708. The SMILES string of the molecule is c1ccc(-c2ncc(-n3c4ccccc4c4cc(-c5ccc6ccccc6c5)c5sc6c7ccccc7ccc6c5c43)c(-c3ccccc3)n2)cc1. The smallest absolute Gasteiger partial charge is 0.159 e. The summed E-state index contributed by atoms with van der Waals surface area (Å²) in [7, 11) is 0. The van der Waals surface area contributed by atoms with Crippen LogP contribution in [-0.4, -0.2) is 14.5 Å². The minimum atomic E-state index is 0.708. The van der Waals surface area contributed by atoms with Gasteiger partial charge >= 0.3 is 0 Å². The van der Waals surface area contributed by atoms with Crippen molar-refractivity contribution in [2.45, 2.75) is 0 Å². The number of nitrogens with zero attached hydrogens (tertiary/aromatic N) is 3. The van der Waals surface area contributed by atoms with Gasteiger partial charge in [-0.2, -0.15) is 0 Å². The van der Waals surface area contributed by atoms with E-state index in [1.54, 1.807) is 0 Å². The number of rotatable bonds is 4. The second-order valence-corrected chi connectivity index (χ2v) is 14.4. The molecule has 0 fully saturated rings. The van der Waals surface area contributed by atoms with Crippen molar-refractivity contribution in [3.8, 4) is 39.5 Å². The van der Waals surface area contributed by atoms with Crippen LogP contribution in [0.1, 0.15) is 0 Å². The van der Waals surface area contributed by atoms with E-state index in [1.807, 2.05) is 35.7 Å². The van der Waals surface area contributed by atoms with Crippen molar-refractivity contribution < 1.29 is 0 Å². The molecule has 0 N–H and O–H groups in total. The topological polar surface area (TPSA) is 30.7 Å². The molecule has 0 amide bonds. The van der Waals surface area contributed by atoms with Gasteiger partial charge in [0.25, 0.3) is 0 Å². The van der Waals surface area contributed by atoms with Crippen molar-refractivity contribution in [2.75, 3.05) is 0 Å². The highest BCUT2D eigenvalue weighted by Gasteiger charge is 2.24. The van der Waals surface area contributed by atoms with E-state index >= 15 is 0 Å². The first kappa shape index (κ1) is 29.1. The molecule has 0 bridgehead atoms. The summed E-state index contributed by atoms with van der Waals surface area (Å²) in [5.74, 6) is 0.708. The summed E-state index contributed by atoms with van der Waals surface area (Å²) in [4.78, 5) is 10.4. The van der Waals surface area contributed by atoms with Crippen LogP contribution in [-0.2, 0) is 0 Å². The molecule has 8 aromatic carbocycles. The average Bonchev–Trinajstić information content (AvgIpc) is 3.77. The molecule has 52 heavy (non-hydrogen) atoms. The first-order valence-electron chi connectivity index (χ1n) is 17.6. The average molecular weight is 680 g/mol. The fraction of sp³-hybridized carbons (Fsp3) is 0.